The Kier molecular flexibility index (Phi) is 7.08. The zero-order chi connectivity index (χ0) is 26.8. The summed E-state index contributed by atoms with van der Waals surface area (Å²) < 4.78 is 6.04. The maximum Gasteiger partial charge on any atom is 0.335 e. The van der Waals surface area contributed by atoms with Gasteiger partial charge in [-0.05, 0) is 65.6 Å². The maximum absolute atomic E-state index is 13.1. The van der Waals surface area contributed by atoms with Crippen LogP contribution in [-0.2, 0) is 11.2 Å². The number of nitrogens with zero attached hydrogens (tertiary/aromatic N) is 2. The van der Waals surface area contributed by atoms with E-state index in [2.05, 4.69) is 9.97 Å². The summed E-state index contributed by atoms with van der Waals surface area (Å²) in [6, 6.07) is 17.6. The van der Waals surface area contributed by atoms with Gasteiger partial charge in [0.1, 0.15) is 10.1 Å². The Morgan fingerprint density at radius 1 is 1.13 bits per heavy atom. The highest BCUT2D eigenvalue weighted by molar-refractivity contribution is 8.26. The van der Waals surface area contributed by atoms with Crippen LogP contribution in [-0.4, -0.2) is 49.8 Å². The molecule has 0 atom stereocenters. The zero-order valence-electron chi connectivity index (χ0n) is 20.1. The first-order valence-corrected chi connectivity index (χ1v) is 12.8. The molecule has 1 amide bonds. The number of aromatic nitrogens is 2. The average Bonchev–Trinajstić information content (AvgIpc) is 3.19. The number of nitrogens with one attached hydrogen (secondary N) is 1. The number of hydrogen-bond donors (Lipinski definition) is 2. The normalized spacial score (nSPS) is 14.4. The molecule has 0 saturated carbocycles. The molecule has 3 aromatic carbocycles. The van der Waals surface area contributed by atoms with Crippen LogP contribution in [0, 0.1) is 0 Å². The molecule has 2 N–H and O–H groups in total. The molecule has 0 spiro atoms. The van der Waals surface area contributed by atoms with Crippen molar-refractivity contribution in [3.63, 3.8) is 0 Å². The van der Waals surface area contributed by atoms with Crippen molar-refractivity contribution in [3.8, 4) is 16.9 Å². The van der Waals surface area contributed by atoms with Gasteiger partial charge in [0.25, 0.3) is 11.5 Å². The van der Waals surface area contributed by atoms with Crippen LogP contribution < -0.4 is 10.3 Å². The fourth-order valence-electron chi connectivity index (χ4n) is 4.18. The summed E-state index contributed by atoms with van der Waals surface area (Å²) in [6.45, 7) is 0.394. The Bertz CT molecular complexity index is 1680. The van der Waals surface area contributed by atoms with Gasteiger partial charge in [-0.2, -0.15) is 0 Å². The lowest BCUT2D eigenvalue weighted by Crippen LogP contribution is -2.30. The summed E-state index contributed by atoms with van der Waals surface area (Å²) in [7, 11) is 1.59. The second-order valence-electron chi connectivity index (χ2n) is 8.51. The fourth-order valence-corrected chi connectivity index (χ4v) is 5.48. The number of methoxy groups -OCH3 is 1. The molecule has 0 bridgehead atoms. The smallest absolute Gasteiger partial charge is 0.335 e. The number of carboxylic acid groups (broad SMARTS) is 1. The minimum absolute atomic E-state index is 0.173. The number of fused-ring (bicyclic) bond motifs is 1. The van der Waals surface area contributed by atoms with Crippen molar-refractivity contribution < 1.29 is 19.4 Å². The zero-order valence-corrected chi connectivity index (χ0v) is 21.8. The van der Waals surface area contributed by atoms with Crippen molar-refractivity contribution in [1.29, 1.82) is 0 Å². The molecule has 1 aliphatic heterocycles. The summed E-state index contributed by atoms with van der Waals surface area (Å²) in [5.74, 6) is -0.505. The molecule has 2 heterocycles. The minimum atomic E-state index is -0.979. The highest BCUT2D eigenvalue weighted by atomic mass is 32.2. The van der Waals surface area contributed by atoms with E-state index in [0.717, 1.165) is 22.3 Å². The van der Waals surface area contributed by atoms with Gasteiger partial charge >= 0.3 is 5.97 Å². The van der Waals surface area contributed by atoms with Crippen molar-refractivity contribution in [1.82, 2.24) is 14.9 Å². The number of carbonyl (C=O) groups excluding carboxylic acids is 1. The van der Waals surface area contributed by atoms with Crippen molar-refractivity contribution in [2.45, 2.75) is 6.42 Å². The lowest BCUT2D eigenvalue weighted by molar-refractivity contribution is -0.122. The molecule has 0 unspecified atom stereocenters. The van der Waals surface area contributed by atoms with Gasteiger partial charge in [0.2, 0.25) is 0 Å². The molecular weight excluding hydrogens is 522 g/mol. The second-order valence-corrected chi connectivity index (χ2v) is 10.2. The molecule has 1 aliphatic rings. The number of rotatable bonds is 7. The SMILES string of the molecule is COc1ccc(/C=C2\SC(=S)N(CCc3ccc(C(=O)O)cc3)C2=O)cc1-c1ccc2c(=O)[nH]cnc2c1. The van der Waals surface area contributed by atoms with Crippen LogP contribution in [0.15, 0.2) is 76.7 Å². The number of aromatic carboxylic acids is 1. The molecule has 4 aromatic rings. The summed E-state index contributed by atoms with van der Waals surface area (Å²) in [5, 5.41) is 9.55. The van der Waals surface area contributed by atoms with E-state index in [1.54, 1.807) is 48.4 Å². The number of H-pyrrole nitrogens is 1. The molecule has 0 aliphatic carbocycles. The first kappa shape index (κ1) is 25.4. The van der Waals surface area contributed by atoms with Crippen LogP contribution >= 0.6 is 24.0 Å². The van der Waals surface area contributed by atoms with Gasteiger partial charge in [0, 0.05) is 12.1 Å². The molecule has 190 valence electrons. The van der Waals surface area contributed by atoms with Gasteiger partial charge in [-0.3, -0.25) is 14.5 Å². The van der Waals surface area contributed by atoms with E-state index in [0.29, 0.717) is 38.8 Å². The van der Waals surface area contributed by atoms with Crippen LogP contribution in [0.1, 0.15) is 21.5 Å². The van der Waals surface area contributed by atoms with Gasteiger partial charge in [-0.15, -0.1) is 0 Å². The summed E-state index contributed by atoms with van der Waals surface area (Å²) in [4.78, 5) is 45.2. The van der Waals surface area contributed by atoms with Crippen LogP contribution in [0.4, 0.5) is 0 Å². The number of thioether (sulfide) groups is 1. The van der Waals surface area contributed by atoms with Gasteiger partial charge in [0.05, 0.1) is 34.8 Å². The number of benzene rings is 3. The Balaban J connectivity index is 1.38. The predicted octanol–water partition coefficient (Wildman–Crippen LogP) is 4.74. The molecule has 0 radical (unpaired) electrons. The highest BCUT2D eigenvalue weighted by Gasteiger charge is 2.31. The summed E-state index contributed by atoms with van der Waals surface area (Å²) in [6.07, 6.45) is 3.72. The summed E-state index contributed by atoms with van der Waals surface area (Å²) >= 11 is 6.72. The Morgan fingerprint density at radius 2 is 1.92 bits per heavy atom. The number of carboxylic acids is 1. The topological polar surface area (TPSA) is 113 Å². The van der Waals surface area contributed by atoms with Gasteiger partial charge < -0.3 is 14.8 Å². The van der Waals surface area contributed by atoms with E-state index >= 15 is 0 Å². The lowest BCUT2D eigenvalue weighted by Gasteiger charge is -2.14. The van der Waals surface area contributed by atoms with Crippen molar-refractivity contribution in [3.05, 3.63) is 98.9 Å². The maximum atomic E-state index is 13.1. The largest absolute Gasteiger partial charge is 0.496 e. The molecule has 38 heavy (non-hydrogen) atoms. The Morgan fingerprint density at radius 3 is 2.66 bits per heavy atom. The number of carbonyl (C=O) groups is 2. The van der Waals surface area contributed by atoms with E-state index in [4.69, 9.17) is 22.1 Å². The Hall–Kier alpha value is -4.28. The van der Waals surface area contributed by atoms with E-state index in [1.165, 1.54) is 18.1 Å². The van der Waals surface area contributed by atoms with Crippen LogP contribution in [0.5, 0.6) is 5.75 Å². The first-order chi connectivity index (χ1) is 18.3. The number of hydrogen-bond acceptors (Lipinski definition) is 7. The third-order valence-corrected chi connectivity index (χ3v) is 7.55. The molecular formula is C28H21N3O5S2. The molecule has 5 rings (SSSR count). The van der Waals surface area contributed by atoms with Crippen LogP contribution in [0.2, 0.25) is 0 Å². The predicted molar refractivity (Wildman–Crippen MR) is 151 cm³/mol. The van der Waals surface area contributed by atoms with Gasteiger partial charge in [0.15, 0.2) is 0 Å². The molecule has 10 heteroatoms. The molecule has 1 aromatic heterocycles. The highest BCUT2D eigenvalue weighted by Crippen LogP contribution is 2.36. The standard InChI is InChI=1S/C28H21N3O5S2/c1-36-23-9-4-17(12-21(23)19-7-8-20-22(14-19)29-15-30-25(20)32)13-24-26(33)31(28(37)38-24)11-10-16-2-5-18(6-3-16)27(34)35/h2-9,12-15H,10-11H2,1H3,(H,34,35)(H,29,30,32)/b24-13-. The number of amides is 1. The number of thiocarbonyl (C=S) groups is 1. The number of ether oxygens (including phenoxy) is 1. The number of aromatic amines is 1. The minimum Gasteiger partial charge on any atom is -0.496 e. The van der Waals surface area contributed by atoms with Crippen LogP contribution in [0.3, 0.4) is 0 Å². The van der Waals surface area contributed by atoms with Crippen molar-refractivity contribution in [2.75, 3.05) is 13.7 Å². The van der Waals surface area contributed by atoms with E-state index in [1.807, 2.05) is 30.3 Å². The Labute approximate surface area is 227 Å². The monoisotopic (exact) mass is 543 g/mol. The van der Waals surface area contributed by atoms with Crippen molar-refractivity contribution in [2.24, 2.45) is 0 Å². The van der Waals surface area contributed by atoms with E-state index in [9.17, 15) is 14.4 Å². The fraction of sp³-hybridized carbons (Fsp3) is 0.107. The third-order valence-electron chi connectivity index (χ3n) is 6.17. The van der Waals surface area contributed by atoms with E-state index < -0.39 is 5.97 Å². The first-order valence-electron chi connectivity index (χ1n) is 11.6. The van der Waals surface area contributed by atoms with E-state index in [-0.39, 0.29) is 17.0 Å². The molecule has 1 saturated heterocycles. The second kappa shape index (κ2) is 10.6. The lowest BCUT2D eigenvalue weighted by atomic mass is 10.0. The quantitative estimate of drug-likeness (QED) is 0.254. The molecule has 1 fully saturated rings. The average molecular weight is 544 g/mol. The molecule has 8 nitrogen and oxygen atoms in total. The van der Waals surface area contributed by atoms with Crippen molar-refractivity contribution >= 4 is 57.2 Å². The van der Waals surface area contributed by atoms with Gasteiger partial charge in [-0.1, -0.05) is 48.2 Å². The van der Waals surface area contributed by atoms with Gasteiger partial charge in [-0.25, -0.2) is 9.78 Å². The van der Waals surface area contributed by atoms with Crippen LogP contribution in [0.25, 0.3) is 28.1 Å². The summed E-state index contributed by atoms with van der Waals surface area (Å²) in [5.41, 5.74) is 3.91. The third kappa shape index (κ3) is 5.09.